The molecule has 6 heterocycles. The number of imidazole rings is 3. The summed E-state index contributed by atoms with van der Waals surface area (Å²) in [6.07, 6.45) is 7.16. The summed E-state index contributed by atoms with van der Waals surface area (Å²) in [5.74, 6) is 3.21. The van der Waals surface area contributed by atoms with E-state index in [1.54, 1.807) is 0 Å². The Balaban J connectivity index is 1.15. The Morgan fingerprint density at radius 2 is 1.49 bits per heavy atom. The number of hydrogen-bond acceptors (Lipinski definition) is 4. The zero-order chi connectivity index (χ0) is 28.3. The molecule has 0 saturated heterocycles. The average molecular weight is 561 g/mol. The average Bonchev–Trinajstić information content (AvgIpc) is 3.89. The standard InChI is InChI=1S/C34H24N8O/c1-2-6-20(7-3-1)34-42-29(22-11-13-24-27(16-22)40-32(39-24)26-9-5-15-36-26)19-38-33(42)23-12-10-21(17-30(23)43-34)28-18-37-31(41-28)25-8-4-14-35-25/h1-19,34-36H,(H,37,41)(H,39,40)/t34-/m0/s1. The van der Waals surface area contributed by atoms with E-state index in [2.05, 4.69) is 72.0 Å². The summed E-state index contributed by atoms with van der Waals surface area (Å²) in [6, 6.07) is 30.7. The number of benzene rings is 3. The molecule has 0 fully saturated rings. The van der Waals surface area contributed by atoms with Gasteiger partial charge in [-0.05, 0) is 48.5 Å². The normalized spacial score (nSPS) is 14.0. The maximum absolute atomic E-state index is 6.80. The number of nitrogens with zero attached hydrogens (tertiary/aromatic N) is 4. The quantitative estimate of drug-likeness (QED) is 0.175. The van der Waals surface area contributed by atoms with Crippen LogP contribution in [0.15, 0.2) is 116 Å². The summed E-state index contributed by atoms with van der Waals surface area (Å²) in [6.45, 7) is 0. The van der Waals surface area contributed by atoms with Crippen molar-refractivity contribution in [3.05, 3.63) is 121 Å². The molecule has 1 atom stereocenters. The second kappa shape index (κ2) is 9.22. The van der Waals surface area contributed by atoms with Gasteiger partial charge >= 0.3 is 0 Å². The van der Waals surface area contributed by atoms with Gasteiger partial charge in [0.05, 0.1) is 51.8 Å². The third-order valence-corrected chi connectivity index (χ3v) is 7.95. The van der Waals surface area contributed by atoms with Gasteiger partial charge in [-0.2, -0.15) is 0 Å². The molecule has 0 radical (unpaired) electrons. The molecular weight excluding hydrogens is 536 g/mol. The minimum Gasteiger partial charge on any atom is -0.465 e. The fraction of sp³-hybridized carbons (Fsp3) is 0.0294. The van der Waals surface area contributed by atoms with E-state index in [0.717, 1.165) is 79.3 Å². The molecule has 43 heavy (non-hydrogen) atoms. The molecule has 8 aromatic rings. The molecule has 9 nitrogen and oxygen atoms in total. The van der Waals surface area contributed by atoms with E-state index in [1.807, 2.05) is 73.3 Å². The summed E-state index contributed by atoms with van der Waals surface area (Å²) in [5.41, 5.74) is 9.58. The van der Waals surface area contributed by atoms with Gasteiger partial charge in [0.15, 0.2) is 11.6 Å². The Hall–Kier alpha value is -6.09. The lowest BCUT2D eigenvalue weighted by molar-refractivity contribution is 0.170. The molecule has 0 aliphatic carbocycles. The predicted molar refractivity (Wildman–Crippen MR) is 165 cm³/mol. The molecule has 4 N–H and O–H groups in total. The zero-order valence-electron chi connectivity index (χ0n) is 22.7. The molecule has 5 aromatic heterocycles. The lowest BCUT2D eigenvalue weighted by atomic mass is 10.0. The molecule has 9 heteroatoms. The van der Waals surface area contributed by atoms with Crippen molar-refractivity contribution < 1.29 is 4.74 Å². The highest BCUT2D eigenvalue weighted by Gasteiger charge is 2.31. The zero-order valence-corrected chi connectivity index (χ0v) is 22.7. The van der Waals surface area contributed by atoms with Gasteiger partial charge in [-0.25, -0.2) is 15.0 Å². The summed E-state index contributed by atoms with van der Waals surface area (Å²) in [7, 11) is 0. The molecule has 0 unspecified atom stereocenters. The highest BCUT2D eigenvalue weighted by Crippen LogP contribution is 2.44. The first-order chi connectivity index (χ1) is 21.3. The van der Waals surface area contributed by atoms with E-state index in [0.29, 0.717) is 0 Å². The fourth-order valence-electron chi connectivity index (χ4n) is 5.85. The van der Waals surface area contributed by atoms with Crippen molar-refractivity contribution in [2.75, 3.05) is 0 Å². The van der Waals surface area contributed by atoms with Gasteiger partial charge < -0.3 is 24.7 Å². The Kier molecular flexibility index (Phi) is 5.06. The predicted octanol–water partition coefficient (Wildman–Crippen LogP) is 7.41. The molecule has 206 valence electrons. The summed E-state index contributed by atoms with van der Waals surface area (Å²) >= 11 is 0. The van der Waals surface area contributed by atoms with E-state index < -0.39 is 6.23 Å². The van der Waals surface area contributed by atoms with Crippen LogP contribution in [0.2, 0.25) is 0 Å². The lowest BCUT2D eigenvalue weighted by Gasteiger charge is -2.30. The van der Waals surface area contributed by atoms with Crippen molar-refractivity contribution in [1.82, 2.24) is 39.5 Å². The molecule has 3 aromatic carbocycles. The van der Waals surface area contributed by atoms with Crippen LogP contribution < -0.4 is 4.74 Å². The van der Waals surface area contributed by atoms with E-state index in [-0.39, 0.29) is 0 Å². The first-order valence-corrected chi connectivity index (χ1v) is 14.0. The monoisotopic (exact) mass is 560 g/mol. The minimum absolute atomic E-state index is 0.403. The number of hydrogen-bond donors (Lipinski definition) is 4. The molecule has 9 rings (SSSR count). The summed E-state index contributed by atoms with van der Waals surface area (Å²) in [4.78, 5) is 27.6. The van der Waals surface area contributed by atoms with Gasteiger partial charge in [0.2, 0.25) is 6.23 Å². The van der Waals surface area contributed by atoms with Crippen LogP contribution in [0.4, 0.5) is 0 Å². The number of ether oxygens (including phenoxy) is 1. The Labute approximate surface area is 245 Å². The Morgan fingerprint density at radius 1 is 0.674 bits per heavy atom. The highest BCUT2D eigenvalue weighted by molar-refractivity contribution is 5.84. The van der Waals surface area contributed by atoms with Crippen molar-refractivity contribution >= 4 is 11.0 Å². The molecule has 1 aliphatic rings. The number of H-pyrrole nitrogens is 4. The maximum atomic E-state index is 6.80. The van der Waals surface area contributed by atoms with Crippen LogP contribution in [-0.4, -0.2) is 39.5 Å². The third-order valence-electron chi connectivity index (χ3n) is 7.95. The van der Waals surface area contributed by atoms with Crippen LogP contribution in [-0.2, 0) is 0 Å². The Morgan fingerprint density at radius 3 is 2.30 bits per heavy atom. The Bertz CT molecular complexity index is 2220. The van der Waals surface area contributed by atoms with E-state index >= 15 is 0 Å². The van der Waals surface area contributed by atoms with E-state index in [4.69, 9.17) is 14.7 Å². The second-order valence-corrected chi connectivity index (χ2v) is 10.6. The van der Waals surface area contributed by atoms with E-state index in [1.165, 1.54) is 0 Å². The van der Waals surface area contributed by atoms with Gasteiger partial charge in [-0.3, -0.25) is 4.57 Å². The third kappa shape index (κ3) is 3.82. The minimum atomic E-state index is -0.403. The van der Waals surface area contributed by atoms with Crippen LogP contribution in [0.25, 0.3) is 68.0 Å². The van der Waals surface area contributed by atoms with Crippen molar-refractivity contribution in [2.45, 2.75) is 6.23 Å². The second-order valence-electron chi connectivity index (χ2n) is 10.6. The van der Waals surface area contributed by atoms with Crippen molar-refractivity contribution in [3.63, 3.8) is 0 Å². The van der Waals surface area contributed by atoms with Crippen LogP contribution in [0, 0.1) is 0 Å². The molecule has 0 bridgehead atoms. The summed E-state index contributed by atoms with van der Waals surface area (Å²) < 4.78 is 8.99. The van der Waals surface area contributed by atoms with Crippen LogP contribution in [0.5, 0.6) is 5.75 Å². The van der Waals surface area contributed by atoms with Gasteiger partial charge in [-0.1, -0.05) is 42.5 Å². The summed E-state index contributed by atoms with van der Waals surface area (Å²) in [5, 5.41) is 0. The van der Waals surface area contributed by atoms with E-state index in [9.17, 15) is 0 Å². The topological polar surface area (TPSA) is 116 Å². The van der Waals surface area contributed by atoms with Gasteiger partial charge in [0.25, 0.3) is 0 Å². The largest absolute Gasteiger partial charge is 0.465 e. The number of aromatic amines is 4. The SMILES string of the molecule is c1ccc([C@@H]2Oc3cc(-c4cnc(-c5ccc[nH]5)[nH]4)ccc3-c3ncc(-c4ccc5nc(-c6ccc[nH]6)[nH]c5c4)n32)cc1. The smallest absolute Gasteiger partial charge is 0.204 e. The molecule has 0 saturated carbocycles. The maximum Gasteiger partial charge on any atom is 0.204 e. The van der Waals surface area contributed by atoms with Gasteiger partial charge in [0.1, 0.15) is 11.6 Å². The van der Waals surface area contributed by atoms with Crippen molar-refractivity contribution in [1.29, 1.82) is 0 Å². The van der Waals surface area contributed by atoms with Crippen molar-refractivity contribution in [2.24, 2.45) is 0 Å². The highest BCUT2D eigenvalue weighted by atomic mass is 16.5. The first kappa shape index (κ1) is 23.6. The van der Waals surface area contributed by atoms with Crippen LogP contribution in [0.3, 0.4) is 0 Å². The van der Waals surface area contributed by atoms with Gasteiger partial charge in [0, 0.05) is 29.1 Å². The molecule has 0 amide bonds. The number of rotatable bonds is 5. The number of fused-ring (bicyclic) bond motifs is 4. The number of nitrogens with one attached hydrogen (secondary N) is 4. The molecule has 0 spiro atoms. The van der Waals surface area contributed by atoms with Crippen LogP contribution in [0.1, 0.15) is 11.8 Å². The fourth-order valence-corrected chi connectivity index (χ4v) is 5.85. The lowest BCUT2D eigenvalue weighted by Crippen LogP contribution is -2.23. The van der Waals surface area contributed by atoms with Gasteiger partial charge in [-0.15, -0.1) is 0 Å². The first-order valence-electron chi connectivity index (χ1n) is 14.0. The number of aromatic nitrogens is 8. The van der Waals surface area contributed by atoms with Crippen molar-refractivity contribution in [3.8, 4) is 62.7 Å². The van der Waals surface area contributed by atoms with Crippen LogP contribution >= 0.6 is 0 Å². The molecular formula is C34H24N8O. The molecule has 1 aliphatic heterocycles.